The SMILES string of the molecule is O=c1ccccn1CCNCCc1ccsc1. The van der Waals surface area contributed by atoms with E-state index in [2.05, 4.69) is 22.1 Å². The summed E-state index contributed by atoms with van der Waals surface area (Å²) >= 11 is 1.73. The molecule has 0 radical (unpaired) electrons. The van der Waals surface area contributed by atoms with Crippen LogP contribution in [0.2, 0.25) is 0 Å². The van der Waals surface area contributed by atoms with E-state index in [1.54, 1.807) is 28.0 Å². The molecule has 90 valence electrons. The highest BCUT2D eigenvalue weighted by atomic mass is 32.1. The van der Waals surface area contributed by atoms with Crippen LogP contribution in [0.5, 0.6) is 0 Å². The molecule has 4 heteroatoms. The van der Waals surface area contributed by atoms with Gasteiger partial charge in [0.15, 0.2) is 0 Å². The maximum atomic E-state index is 11.4. The van der Waals surface area contributed by atoms with E-state index in [-0.39, 0.29) is 5.56 Å². The van der Waals surface area contributed by atoms with E-state index < -0.39 is 0 Å². The van der Waals surface area contributed by atoms with Gasteiger partial charge in [-0.1, -0.05) is 6.07 Å². The maximum absolute atomic E-state index is 11.4. The van der Waals surface area contributed by atoms with Crippen molar-refractivity contribution in [2.45, 2.75) is 13.0 Å². The summed E-state index contributed by atoms with van der Waals surface area (Å²) in [6.07, 6.45) is 2.87. The number of hydrogen-bond donors (Lipinski definition) is 1. The Morgan fingerprint density at radius 3 is 2.94 bits per heavy atom. The molecule has 0 fully saturated rings. The van der Waals surface area contributed by atoms with Crippen molar-refractivity contribution < 1.29 is 0 Å². The number of aromatic nitrogens is 1. The first-order valence-electron chi connectivity index (χ1n) is 5.73. The average Bonchev–Trinajstić information content (AvgIpc) is 2.84. The molecule has 0 saturated carbocycles. The Labute approximate surface area is 105 Å². The van der Waals surface area contributed by atoms with Crippen LogP contribution < -0.4 is 10.9 Å². The van der Waals surface area contributed by atoms with Gasteiger partial charge in [-0.05, 0) is 41.4 Å². The number of rotatable bonds is 6. The molecule has 0 aliphatic rings. The molecule has 0 saturated heterocycles. The summed E-state index contributed by atoms with van der Waals surface area (Å²) in [5, 5.41) is 7.61. The van der Waals surface area contributed by atoms with Gasteiger partial charge in [-0.2, -0.15) is 11.3 Å². The fraction of sp³-hybridized carbons (Fsp3) is 0.308. The zero-order valence-electron chi connectivity index (χ0n) is 9.63. The van der Waals surface area contributed by atoms with Crippen LogP contribution in [0.25, 0.3) is 0 Å². The van der Waals surface area contributed by atoms with E-state index >= 15 is 0 Å². The van der Waals surface area contributed by atoms with E-state index in [4.69, 9.17) is 0 Å². The number of hydrogen-bond acceptors (Lipinski definition) is 3. The van der Waals surface area contributed by atoms with E-state index in [9.17, 15) is 4.79 Å². The van der Waals surface area contributed by atoms with Gasteiger partial charge >= 0.3 is 0 Å². The van der Waals surface area contributed by atoms with Gasteiger partial charge in [-0.3, -0.25) is 4.79 Å². The molecule has 2 heterocycles. The highest BCUT2D eigenvalue weighted by molar-refractivity contribution is 7.07. The van der Waals surface area contributed by atoms with Gasteiger partial charge in [0.25, 0.3) is 5.56 Å². The van der Waals surface area contributed by atoms with Crippen molar-refractivity contribution in [2.75, 3.05) is 13.1 Å². The molecule has 0 aromatic carbocycles. The topological polar surface area (TPSA) is 34.0 Å². The molecule has 0 amide bonds. The van der Waals surface area contributed by atoms with Gasteiger partial charge in [-0.25, -0.2) is 0 Å². The molecular formula is C13H16N2OS. The number of nitrogens with zero attached hydrogens (tertiary/aromatic N) is 1. The normalized spacial score (nSPS) is 10.6. The molecule has 2 rings (SSSR count). The van der Waals surface area contributed by atoms with Crippen LogP contribution >= 0.6 is 11.3 Å². The first-order chi connectivity index (χ1) is 8.36. The first-order valence-corrected chi connectivity index (χ1v) is 6.68. The lowest BCUT2D eigenvalue weighted by Gasteiger charge is -2.06. The highest BCUT2D eigenvalue weighted by Crippen LogP contribution is 2.05. The molecule has 0 aliphatic heterocycles. The van der Waals surface area contributed by atoms with Gasteiger partial charge in [0, 0.05) is 25.4 Å². The lowest BCUT2D eigenvalue weighted by molar-refractivity contribution is 0.586. The Bertz CT molecular complexity index is 490. The Kier molecular flexibility index (Phi) is 4.53. The molecule has 17 heavy (non-hydrogen) atoms. The van der Waals surface area contributed by atoms with Crippen LogP contribution in [0.15, 0.2) is 46.0 Å². The van der Waals surface area contributed by atoms with Crippen molar-refractivity contribution in [3.8, 4) is 0 Å². The van der Waals surface area contributed by atoms with Crippen molar-refractivity contribution in [3.05, 3.63) is 57.1 Å². The van der Waals surface area contributed by atoms with E-state index in [0.717, 1.165) is 26.1 Å². The Morgan fingerprint density at radius 1 is 1.24 bits per heavy atom. The number of thiophene rings is 1. The summed E-state index contributed by atoms with van der Waals surface area (Å²) in [6.45, 7) is 2.51. The third-order valence-corrected chi connectivity index (χ3v) is 3.33. The minimum Gasteiger partial charge on any atom is -0.315 e. The molecule has 0 aliphatic carbocycles. The van der Waals surface area contributed by atoms with Gasteiger partial charge in [0.2, 0.25) is 0 Å². The summed E-state index contributed by atoms with van der Waals surface area (Å²) < 4.78 is 1.72. The summed E-state index contributed by atoms with van der Waals surface area (Å²) in [5.41, 5.74) is 1.44. The predicted octanol–water partition coefficient (Wildman–Crippen LogP) is 1.74. The smallest absolute Gasteiger partial charge is 0.250 e. The summed E-state index contributed by atoms with van der Waals surface area (Å²) in [4.78, 5) is 11.4. The van der Waals surface area contributed by atoms with Crippen LogP contribution in [0, 0.1) is 0 Å². The quantitative estimate of drug-likeness (QED) is 0.790. The third kappa shape index (κ3) is 3.84. The van der Waals surface area contributed by atoms with Crippen LogP contribution in [0.4, 0.5) is 0 Å². The number of pyridine rings is 1. The highest BCUT2D eigenvalue weighted by Gasteiger charge is 1.95. The van der Waals surface area contributed by atoms with E-state index in [0.29, 0.717) is 0 Å². The molecule has 2 aromatic rings. The van der Waals surface area contributed by atoms with E-state index in [1.165, 1.54) is 5.56 Å². The van der Waals surface area contributed by atoms with Gasteiger partial charge in [-0.15, -0.1) is 0 Å². The maximum Gasteiger partial charge on any atom is 0.250 e. The second-order valence-electron chi connectivity index (χ2n) is 3.86. The molecule has 0 unspecified atom stereocenters. The Hall–Kier alpha value is -1.39. The molecule has 0 atom stereocenters. The fourth-order valence-electron chi connectivity index (χ4n) is 1.64. The van der Waals surface area contributed by atoms with Crippen LogP contribution in [-0.4, -0.2) is 17.7 Å². The van der Waals surface area contributed by atoms with Crippen LogP contribution in [0.1, 0.15) is 5.56 Å². The van der Waals surface area contributed by atoms with Crippen molar-refractivity contribution in [2.24, 2.45) is 0 Å². The van der Waals surface area contributed by atoms with Crippen LogP contribution in [-0.2, 0) is 13.0 Å². The largest absolute Gasteiger partial charge is 0.315 e. The van der Waals surface area contributed by atoms with Crippen molar-refractivity contribution in [1.29, 1.82) is 0 Å². The standard InChI is InChI=1S/C13H16N2OS/c16-13-3-1-2-8-15(13)9-7-14-6-4-12-5-10-17-11-12/h1-3,5,8,10-11,14H,4,6-7,9H2. The van der Waals surface area contributed by atoms with Gasteiger partial charge in [0.05, 0.1) is 0 Å². The lowest BCUT2D eigenvalue weighted by atomic mass is 10.2. The van der Waals surface area contributed by atoms with Crippen molar-refractivity contribution in [3.63, 3.8) is 0 Å². The van der Waals surface area contributed by atoms with Gasteiger partial charge < -0.3 is 9.88 Å². The Morgan fingerprint density at radius 2 is 2.18 bits per heavy atom. The molecular weight excluding hydrogens is 232 g/mol. The summed E-state index contributed by atoms with van der Waals surface area (Å²) in [5.74, 6) is 0. The second-order valence-corrected chi connectivity index (χ2v) is 4.64. The molecule has 3 nitrogen and oxygen atoms in total. The lowest BCUT2D eigenvalue weighted by Crippen LogP contribution is -2.27. The second kappa shape index (κ2) is 6.37. The zero-order chi connectivity index (χ0) is 11.9. The summed E-state index contributed by atoms with van der Waals surface area (Å²) in [6, 6.07) is 7.38. The minimum atomic E-state index is 0.0622. The first kappa shape index (κ1) is 12.1. The minimum absolute atomic E-state index is 0.0622. The number of nitrogens with one attached hydrogen (secondary N) is 1. The monoisotopic (exact) mass is 248 g/mol. The molecule has 0 spiro atoms. The predicted molar refractivity (Wildman–Crippen MR) is 71.6 cm³/mol. The van der Waals surface area contributed by atoms with Crippen molar-refractivity contribution >= 4 is 11.3 Å². The molecule has 2 aromatic heterocycles. The average molecular weight is 248 g/mol. The summed E-state index contributed by atoms with van der Waals surface area (Å²) in [7, 11) is 0. The Balaban J connectivity index is 1.67. The molecule has 0 bridgehead atoms. The fourth-order valence-corrected chi connectivity index (χ4v) is 2.34. The molecule has 1 N–H and O–H groups in total. The van der Waals surface area contributed by atoms with E-state index in [1.807, 2.05) is 12.3 Å². The van der Waals surface area contributed by atoms with Crippen molar-refractivity contribution in [1.82, 2.24) is 9.88 Å². The zero-order valence-corrected chi connectivity index (χ0v) is 10.5. The van der Waals surface area contributed by atoms with Crippen LogP contribution in [0.3, 0.4) is 0 Å². The third-order valence-electron chi connectivity index (χ3n) is 2.60. The van der Waals surface area contributed by atoms with Gasteiger partial charge in [0.1, 0.15) is 0 Å².